The van der Waals surface area contributed by atoms with E-state index in [9.17, 15) is 4.79 Å². The minimum atomic E-state index is 0.0187. The first kappa shape index (κ1) is 23.2. The molecule has 0 fully saturated rings. The Morgan fingerprint density at radius 2 is 1.46 bits per heavy atom. The van der Waals surface area contributed by atoms with Crippen molar-refractivity contribution in [2.45, 2.75) is 97.3 Å². The maximum Gasteiger partial charge on any atom is 0.222 e. The quantitative estimate of drug-likeness (QED) is 0.276. The van der Waals surface area contributed by atoms with Gasteiger partial charge in [-0.05, 0) is 32.1 Å². The molecular weight excluding hydrogens is 298 g/mol. The lowest BCUT2D eigenvalue weighted by Crippen LogP contribution is -2.31. The van der Waals surface area contributed by atoms with Crippen molar-refractivity contribution in [3.05, 3.63) is 12.2 Å². The van der Waals surface area contributed by atoms with Crippen molar-refractivity contribution in [2.75, 3.05) is 13.2 Å². The van der Waals surface area contributed by atoms with Crippen molar-refractivity contribution in [2.24, 2.45) is 5.92 Å². The van der Waals surface area contributed by atoms with Gasteiger partial charge in [-0.1, -0.05) is 77.4 Å². The molecule has 24 heavy (non-hydrogen) atoms. The first-order valence-electron chi connectivity index (χ1n) is 10.3. The Bertz CT molecular complexity index is 302. The number of hydrogen-bond acceptors (Lipinski definition) is 2. The van der Waals surface area contributed by atoms with Crippen molar-refractivity contribution in [3.63, 3.8) is 0 Å². The lowest BCUT2D eigenvalue weighted by Gasteiger charge is -2.11. The fraction of sp³-hybridized carbons (Fsp3) is 0.857. The topological polar surface area (TPSA) is 49.3 Å². The Kier molecular flexibility index (Phi) is 17.9. The number of carbonyl (C=O) groups is 1. The molecule has 0 aromatic heterocycles. The number of amides is 1. The highest BCUT2D eigenvalue weighted by Gasteiger charge is 2.10. The molecule has 0 saturated carbocycles. The molecule has 0 aliphatic rings. The normalized spacial score (nSPS) is 12.6. The summed E-state index contributed by atoms with van der Waals surface area (Å²) in [7, 11) is 0. The Labute approximate surface area is 150 Å². The van der Waals surface area contributed by atoms with Crippen molar-refractivity contribution in [3.8, 4) is 0 Å². The molecule has 0 aliphatic carbocycles. The van der Waals surface area contributed by atoms with Crippen LogP contribution in [-0.2, 0) is 4.79 Å². The van der Waals surface area contributed by atoms with Crippen LogP contribution in [0.4, 0.5) is 0 Å². The molecule has 0 aliphatic heterocycles. The summed E-state index contributed by atoms with van der Waals surface area (Å²) in [6, 6.07) is 0. The zero-order chi connectivity index (χ0) is 17.9. The Balaban J connectivity index is 3.29. The minimum Gasteiger partial charge on any atom is -0.395 e. The predicted molar refractivity (Wildman–Crippen MR) is 104 cm³/mol. The van der Waals surface area contributed by atoms with E-state index in [1.807, 2.05) is 6.92 Å². The van der Waals surface area contributed by atoms with E-state index in [2.05, 4.69) is 24.4 Å². The van der Waals surface area contributed by atoms with Gasteiger partial charge in [0.1, 0.15) is 0 Å². The minimum absolute atomic E-state index is 0.0187. The van der Waals surface area contributed by atoms with Gasteiger partial charge in [-0.2, -0.15) is 0 Å². The molecule has 142 valence electrons. The van der Waals surface area contributed by atoms with Crippen LogP contribution in [0.1, 0.15) is 97.3 Å². The molecule has 1 atom stereocenters. The first-order chi connectivity index (χ1) is 11.7. The molecule has 0 aromatic carbocycles. The third-order valence-electron chi connectivity index (χ3n) is 4.51. The molecule has 3 heteroatoms. The van der Waals surface area contributed by atoms with Gasteiger partial charge in [0.25, 0.3) is 0 Å². The van der Waals surface area contributed by atoms with Crippen LogP contribution < -0.4 is 5.32 Å². The summed E-state index contributed by atoms with van der Waals surface area (Å²) in [5, 5.41) is 11.4. The monoisotopic (exact) mass is 339 g/mol. The van der Waals surface area contributed by atoms with Crippen LogP contribution in [0, 0.1) is 5.92 Å². The highest BCUT2D eigenvalue weighted by atomic mass is 16.3. The van der Waals surface area contributed by atoms with Crippen LogP contribution in [0.15, 0.2) is 12.2 Å². The molecule has 0 radical (unpaired) electrons. The van der Waals surface area contributed by atoms with E-state index in [-0.39, 0.29) is 18.4 Å². The Hall–Kier alpha value is -0.830. The van der Waals surface area contributed by atoms with E-state index in [0.717, 1.165) is 12.8 Å². The SMILES string of the molecule is CCCCCCCCC=CCCCCCCC(C)C(=O)NCCO. The summed E-state index contributed by atoms with van der Waals surface area (Å²) in [4.78, 5) is 11.6. The molecule has 2 N–H and O–H groups in total. The molecule has 1 amide bonds. The Morgan fingerprint density at radius 1 is 0.917 bits per heavy atom. The second-order valence-corrected chi connectivity index (χ2v) is 6.94. The molecule has 0 aromatic rings. The number of hydrogen-bond donors (Lipinski definition) is 2. The molecule has 0 spiro atoms. The smallest absolute Gasteiger partial charge is 0.222 e. The van der Waals surface area contributed by atoms with Crippen molar-refractivity contribution in [1.82, 2.24) is 5.32 Å². The van der Waals surface area contributed by atoms with Crippen LogP contribution in [0.5, 0.6) is 0 Å². The van der Waals surface area contributed by atoms with Gasteiger partial charge in [0, 0.05) is 12.5 Å². The number of aliphatic hydroxyl groups excluding tert-OH is 1. The second kappa shape index (κ2) is 18.5. The zero-order valence-corrected chi connectivity index (χ0v) is 16.2. The summed E-state index contributed by atoms with van der Waals surface area (Å²) >= 11 is 0. The van der Waals surface area contributed by atoms with Gasteiger partial charge < -0.3 is 10.4 Å². The standard InChI is InChI=1S/C21H41NO2/c1-3-4-5-6-7-8-9-10-11-12-13-14-15-16-17-20(2)21(24)22-18-19-23/h10-11,20,23H,3-9,12-19H2,1-2H3,(H,22,24). The van der Waals surface area contributed by atoms with E-state index in [4.69, 9.17) is 5.11 Å². The molecule has 3 nitrogen and oxygen atoms in total. The number of carbonyl (C=O) groups excluding carboxylic acids is 1. The maximum atomic E-state index is 11.6. The summed E-state index contributed by atoms with van der Waals surface area (Å²) in [6.45, 7) is 4.62. The van der Waals surface area contributed by atoms with E-state index < -0.39 is 0 Å². The van der Waals surface area contributed by atoms with Crippen LogP contribution in [-0.4, -0.2) is 24.2 Å². The van der Waals surface area contributed by atoms with Gasteiger partial charge in [-0.3, -0.25) is 4.79 Å². The molecule has 0 saturated heterocycles. The lowest BCUT2D eigenvalue weighted by molar-refractivity contribution is -0.124. The fourth-order valence-electron chi connectivity index (χ4n) is 2.83. The van der Waals surface area contributed by atoms with Gasteiger partial charge in [0.2, 0.25) is 5.91 Å². The summed E-state index contributed by atoms with van der Waals surface area (Å²) < 4.78 is 0. The summed E-state index contributed by atoms with van der Waals surface area (Å²) in [5.74, 6) is 0.135. The van der Waals surface area contributed by atoms with Gasteiger partial charge in [-0.25, -0.2) is 0 Å². The number of nitrogens with one attached hydrogen (secondary N) is 1. The molecular formula is C21H41NO2. The van der Waals surface area contributed by atoms with E-state index in [1.54, 1.807) is 0 Å². The largest absolute Gasteiger partial charge is 0.395 e. The summed E-state index contributed by atoms with van der Waals surface area (Å²) in [5.41, 5.74) is 0. The molecule has 0 bridgehead atoms. The first-order valence-corrected chi connectivity index (χ1v) is 10.3. The number of allylic oxidation sites excluding steroid dienone is 2. The van der Waals surface area contributed by atoms with Gasteiger partial charge in [0.15, 0.2) is 0 Å². The molecule has 0 heterocycles. The van der Waals surface area contributed by atoms with Crippen LogP contribution in [0.25, 0.3) is 0 Å². The van der Waals surface area contributed by atoms with Crippen LogP contribution in [0.3, 0.4) is 0 Å². The van der Waals surface area contributed by atoms with Gasteiger partial charge >= 0.3 is 0 Å². The average molecular weight is 340 g/mol. The van der Waals surface area contributed by atoms with Gasteiger partial charge in [-0.15, -0.1) is 0 Å². The van der Waals surface area contributed by atoms with Crippen molar-refractivity contribution < 1.29 is 9.90 Å². The van der Waals surface area contributed by atoms with Crippen LogP contribution >= 0.6 is 0 Å². The highest BCUT2D eigenvalue weighted by Crippen LogP contribution is 2.12. The van der Waals surface area contributed by atoms with Gasteiger partial charge in [0.05, 0.1) is 6.61 Å². The summed E-state index contributed by atoms with van der Waals surface area (Å²) in [6.07, 6.45) is 21.2. The zero-order valence-electron chi connectivity index (χ0n) is 16.2. The van der Waals surface area contributed by atoms with Crippen LogP contribution in [0.2, 0.25) is 0 Å². The van der Waals surface area contributed by atoms with Crippen molar-refractivity contribution in [1.29, 1.82) is 0 Å². The number of rotatable bonds is 17. The third-order valence-corrected chi connectivity index (χ3v) is 4.51. The number of aliphatic hydroxyl groups is 1. The number of unbranched alkanes of at least 4 members (excludes halogenated alkanes) is 10. The van der Waals surface area contributed by atoms with E-state index >= 15 is 0 Å². The maximum absolute atomic E-state index is 11.6. The second-order valence-electron chi connectivity index (χ2n) is 6.94. The lowest BCUT2D eigenvalue weighted by atomic mass is 10.0. The average Bonchev–Trinajstić information content (AvgIpc) is 2.59. The molecule has 0 rings (SSSR count). The fourth-order valence-corrected chi connectivity index (χ4v) is 2.83. The van der Waals surface area contributed by atoms with E-state index in [0.29, 0.717) is 6.54 Å². The molecule has 1 unspecified atom stereocenters. The Morgan fingerprint density at radius 3 is 2.04 bits per heavy atom. The van der Waals surface area contributed by atoms with E-state index in [1.165, 1.54) is 70.6 Å². The highest BCUT2D eigenvalue weighted by molar-refractivity contribution is 5.78. The third kappa shape index (κ3) is 16.0. The van der Waals surface area contributed by atoms with Crippen molar-refractivity contribution >= 4 is 5.91 Å². The predicted octanol–water partition coefficient (Wildman–Crippen LogP) is 5.38.